The van der Waals surface area contributed by atoms with Gasteiger partial charge in [0.05, 0.1) is 18.8 Å². The quantitative estimate of drug-likeness (QED) is 0.353. The third kappa shape index (κ3) is 6.18. The van der Waals surface area contributed by atoms with Gasteiger partial charge in [-0.05, 0) is 36.2 Å². The summed E-state index contributed by atoms with van der Waals surface area (Å²) in [5.74, 6) is 0. The van der Waals surface area contributed by atoms with Crippen molar-refractivity contribution < 1.29 is 23.7 Å². The van der Waals surface area contributed by atoms with Crippen molar-refractivity contribution in [3.63, 3.8) is 0 Å². The molecule has 0 bridgehead atoms. The molecule has 9 nitrogen and oxygen atoms in total. The molecule has 1 aliphatic heterocycles. The molecule has 0 radical (unpaired) electrons. The first-order valence-corrected chi connectivity index (χ1v) is 15.9. The van der Waals surface area contributed by atoms with Gasteiger partial charge in [0, 0.05) is 18.9 Å². The van der Waals surface area contributed by atoms with Crippen LogP contribution in [0, 0.1) is 6.92 Å². The molecule has 0 spiro atoms. The predicted octanol–water partition coefficient (Wildman–Crippen LogP) is 2.49. The van der Waals surface area contributed by atoms with E-state index in [-0.39, 0.29) is 17.7 Å². The Morgan fingerprint density at radius 3 is 2.07 bits per heavy atom. The molecule has 1 aliphatic rings. The van der Waals surface area contributed by atoms with Crippen molar-refractivity contribution in [3.05, 3.63) is 93.3 Å². The lowest BCUT2D eigenvalue weighted by atomic mass is 10.1. The number of nitrogens with zero attached hydrogens (tertiary/aromatic N) is 1. The minimum Gasteiger partial charge on any atom is -0.405 e. The van der Waals surface area contributed by atoms with Crippen LogP contribution in [0.15, 0.2) is 76.4 Å². The minimum absolute atomic E-state index is 0.0656. The second-order valence-electron chi connectivity index (χ2n) is 11.8. The molecule has 1 saturated heterocycles. The van der Waals surface area contributed by atoms with Gasteiger partial charge in [-0.3, -0.25) is 14.3 Å². The van der Waals surface area contributed by atoms with Crippen molar-refractivity contribution in [2.75, 3.05) is 13.7 Å². The molecule has 2 N–H and O–H groups in total. The molecule has 2 aromatic carbocycles. The molecule has 4 rings (SSSR count). The Bertz CT molecular complexity index is 1360. The predicted molar refractivity (Wildman–Crippen MR) is 160 cm³/mol. The third-order valence-electron chi connectivity index (χ3n) is 8.02. The first kappa shape index (κ1) is 31.1. The number of H-pyrrole nitrogens is 1. The molecule has 41 heavy (non-hydrogen) atoms. The summed E-state index contributed by atoms with van der Waals surface area (Å²) in [7, 11) is -1.34. The van der Waals surface area contributed by atoms with Crippen molar-refractivity contribution in [2.45, 2.75) is 83.3 Å². The number of ether oxygens (including phenoxy) is 3. The number of hydrogen-bond acceptors (Lipinski definition) is 7. The van der Waals surface area contributed by atoms with Crippen LogP contribution in [0.3, 0.4) is 0 Å². The summed E-state index contributed by atoms with van der Waals surface area (Å²) >= 11 is 0. The van der Waals surface area contributed by atoms with Crippen molar-refractivity contribution in [1.29, 1.82) is 0 Å². The summed E-state index contributed by atoms with van der Waals surface area (Å²) in [4.78, 5) is 27.3. The molecule has 0 amide bonds. The van der Waals surface area contributed by atoms with Crippen LogP contribution in [0.25, 0.3) is 0 Å². The summed E-state index contributed by atoms with van der Waals surface area (Å²) in [6.45, 7) is 11.9. The molecule has 0 saturated carbocycles. The topological polar surface area (TPSA) is 112 Å². The van der Waals surface area contributed by atoms with Gasteiger partial charge in [-0.2, -0.15) is 0 Å². The fourth-order valence-electron chi connectivity index (χ4n) is 5.52. The number of hydrogen-bond donors (Lipinski definition) is 2. The van der Waals surface area contributed by atoms with Crippen LogP contribution in [0.1, 0.15) is 46.4 Å². The van der Waals surface area contributed by atoms with Crippen molar-refractivity contribution in [1.82, 2.24) is 9.55 Å². The van der Waals surface area contributed by atoms with Gasteiger partial charge in [0.15, 0.2) is 6.23 Å². The highest BCUT2D eigenvalue weighted by molar-refractivity contribution is 6.99. The van der Waals surface area contributed by atoms with E-state index in [4.69, 9.17) is 18.6 Å². The second kappa shape index (κ2) is 12.6. The van der Waals surface area contributed by atoms with E-state index >= 15 is 0 Å². The van der Waals surface area contributed by atoms with E-state index in [0.717, 1.165) is 10.4 Å². The number of nitrogens with one attached hydrogen (secondary N) is 1. The average Bonchev–Trinajstić information content (AvgIpc) is 3.25. The number of aromatic nitrogens is 2. The zero-order chi connectivity index (χ0) is 29.9. The Balaban J connectivity index is 1.73. The number of aliphatic hydroxyl groups is 1. The highest BCUT2D eigenvalue weighted by Crippen LogP contribution is 2.38. The lowest BCUT2D eigenvalue weighted by Crippen LogP contribution is -2.67. The van der Waals surface area contributed by atoms with E-state index in [2.05, 4.69) is 50.0 Å². The lowest BCUT2D eigenvalue weighted by Gasteiger charge is -2.43. The number of benzene rings is 2. The third-order valence-corrected chi connectivity index (χ3v) is 13.0. The second-order valence-corrected chi connectivity index (χ2v) is 16.1. The number of aryl methyl sites for hydroxylation is 1. The van der Waals surface area contributed by atoms with Crippen LogP contribution in [-0.2, 0) is 18.6 Å². The van der Waals surface area contributed by atoms with Crippen molar-refractivity contribution >= 4 is 18.7 Å². The van der Waals surface area contributed by atoms with Crippen molar-refractivity contribution in [2.24, 2.45) is 0 Å². The zero-order valence-corrected chi connectivity index (χ0v) is 25.9. The van der Waals surface area contributed by atoms with Crippen molar-refractivity contribution in [3.8, 4) is 0 Å². The fourth-order valence-corrected chi connectivity index (χ4v) is 10.1. The van der Waals surface area contributed by atoms with E-state index in [1.54, 1.807) is 14.0 Å². The molecule has 3 aromatic rings. The van der Waals surface area contributed by atoms with Crippen LogP contribution in [0.2, 0.25) is 5.04 Å². The Morgan fingerprint density at radius 2 is 1.56 bits per heavy atom. The molecule has 222 valence electrons. The standard InChI is InChI=1S/C31H42N2O7Si/c1-20-18-33(30(36)32-28(20)35)29-27(39-22(3)21(2)37-7)26(34)25(40-29)19-38-41(31(4,5)6,23-14-10-8-11-15-23)24-16-12-9-13-17-24/h8-18,21-22,25-27,29,34H,19H2,1-7H3,(H,32,35,36)/t21-,22-,25+,26?,27-,29+/m0/s1. The van der Waals surface area contributed by atoms with Gasteiger partial charge in [0.25, 0.3) is 13.9 Å². The Kier molecular flexibility index (Phi) is 9.52. The maximum Gasteiger partial charge on any atom is 0.330 e. The van der Waals surface area contributed by atoms with E-state index in [9.17, 15) is 14.7 Å². The largest absolute Gasteiger partial charge is 0.405 e. The first-order valence-electron chi connectivity index (χ1n) is 14.0. The smallest absolute Gasteiger partial charge is 0.330 e. The van der Waals surface area contributed by atoms with Crippen LogP contribution < -0.4 is 21.6 Å². The fraction of sp³-hybridized carbons (Fsp3) is 0.484. The highest BCUT2D eigenvalue weighted by Gasteiger charge is 2.53. The Labute approximate surface area is 242 Å². The average molecular weight is 583 g/mol. The SMILES string of the molecule is CO[C@@H](C)[C@H](C)O[C@H]1C(O)[C@@H](CO[Si](c2ccccc2)(c2ccccc2)C(C)(C)C)O[C@H]1n1cc(C)c(=O)[nH]c1=O. The molecule has 6 atom stereocenters. The zero-order valence-electron chi connectivity index (χ0n) is 24.9. The van der Waals surface area contributed by atoms with Gasteiger partial charge < -0.3 is 23.7 Å². The maximum absolute atomic E-state index is 12.9. The monoisotopic (exact) mass is 582 g/mol. The van der Waals surface area contributed by atoms with Gasteiger partial charge >= 0.3 is 5.69 Å². The molecule has 10 heteroatoms. The number of rotatable bonds is 10. The highest BCUT2D eigenvalue weighted by atomic mass is 28.4. The van der Waals surface area contributed by atoms with E-state index in [1.807, 2.05) is 50.2 Å². The molecule has 1 fully saturated rings. The van der Waals surface area contributed by atoms with Gasteiger partial charge in [0.2, 0.25) is 0 Å². The minimum atomic E-state index is -2.92. The van der Waals surface area contributed by atoms with Gasteiger partial charge in [-0.15, -0.1) is 0 Å². The first-order chi connectivity index (χ1) is 19.4. The Morgan fingerprint density at radius 1 is 1.00 bits per heavy atom. The molecule has 1 unspecified atom stereocenters. The van der Waals surface area contributed by atoms with E-state index in [0.29, 0.717) is 5.56 Å². The van der Waals surface area contributed by atoms with Gasteiger partial charge in [0.1, 0.15) is 18.3 Å². The molecular weight excluding hydrogens is 540 g/mol. The van der Waals surface area contributed by atoms with Gasteiger partial charge in [-0.25, -0.2) is 4.79 Å². The normalized spacial score (nSPS) is 22.9. The summed E-state index contributed by atoms with van der Waals surface area (Å²) in [6, 6.07) is 20.4. The van der Waals surface area contributed by atoms with Crippen LogP contribution >= 0.6 is 0 Å². The number of aromatic amines is 1. The molecule has 2 heterocycles. The summed E-state index contributed by atoms with van der Waals surface area (Å²) in [5, 5.41) is 13.5. The van der Waals surface area contributed by atoms with Gasteiger partial charge in [-0.1, -0.05) is 81.4 Å². The summed E-state index contributed by atoms with van der Waals surface area (Å²) < 4.78 is 26.4. The molecule has 0 aliphatic carbocycles. The van der Waals surface area contributed by atoms with E-state index < -0.39 is 50.2 Å². The van der Waals surface area contributed by atoms with Crippen LogP contribution in [0.4, 0.5) is 0 Å². The summed E-state index contributed by atoms with van der Waals surface area (Å²) in [5.41, 5.74) is -0.783. The number of aliphatic hydroxyl groups excluding tert-OH is 1. The maximum atomic E-state index is 12.9. The number of methoxy groups -OCH3 is 1. The van der Waals surface area contributed by atoms with Crippen LogP contribution in [-0.4, -0.2) is 67.2 Å². The molecule has 1 aromatic heterocycles. The lowest BCUT2D eigenvalue weighted by molar-refractivity contribution is -0.130. The summed E-state index contributed by atoms with van der Waals surface area (Å²) in [6.07, 6.45) is -3.10. The Hall–Kier alpha value is -2.86. The van der Waals surface area contributed by atoms with Crippen LogP contribution in [0.5, 0.6) is 0 Å². The van der Waals surface area contributed by atoms with E-state index in [1.165, 1.54) is 10.8 Å². The molecular formula is C31H42N2O7Si.